The largest absolute Gasteiger partial charge is 0.469 e. The molecule has 0 aromatic rings. The lowest BCUT2D eigenvalue weighted by Crippen LogP contribution is -2.59. The van der Waals surface area contributed by atoms with Gasteiger partial charge < -0.3 is 14.2 Å². The zero-order chi connectivity index (χ0) is 24.8. The Bertz CT molecular complexity index is 809. The van der Waals surface area contributed by atoms with E-state index < -0.39 is 0 Å². The lowest BCUT2D eigenvalue weighted by Gasteiger charge is -2.62. The Labute approximate surface area is 204 Å². The van der Waals surface area contributed by atoms with Gasteiger partial charge in [0.25, 0.3) is 0 Å². The molecule has 0 aromatic carbocycles. The van der Waals surface area contributed by atoms with Crippen LogP contribution in [0.1, 0.15) is 92.4 Å². The van der Waals surface area contributed by atoms with Gasteiger partial charge >= 0.3 is 17.9 Å². The molecule has 4 fully saturated rings. The molecule has 0 heterocycles. The summed E-state index contributed by atoms with van der Waals surface area (Å²) in [6, 6.07) is 0. The van der Waals surface area contributed by atoms with E-state index in [9.17, 15) is 14.4 Å². The number of esters is 3. The molecular weight excluding hydrogens is 432 g/mol. The highest BCUT2D eigenvalue weighted by Crippen LogP contribution is 2.69. The van der Waals surface area contributed by atoms with Gasteiger partial charge in [-0.1, -0.05) is 20.8 Å². The van der Waals surface area contributed by atoms with Gasteiger partial charge in [-0.15, -0.1) is 0 Å². The van der Waals surface area contributed by atoms with E-state index in [4.69, 9.17) is 14.2 Å². The van der Waals surface area contributed by atoms with Crippen LogP contribution < -0.4 is 0 Å². The van der Waals surface area contributed by atoms with Crippen LogP contribution in [0.15, 0.2) is 0 Å². The lowest BCUT2D eigenvalue weighted by atomic mass is 9.43. The van der Waals surface area contributed by atoms with E-state index in [0.29, 0.717) is 36.0 Å². The summed E-state index contributed by atoms with van der Waals surface area (Å²) in [4.78, 5) is 35.9. The van der Waals surface area contributed by atoms with Crippen molar-refractivity contribution in [2.75, 3.05) is 7.11 Å². The highest BCUT2D eigenvalue weighted by Gasteiger charge is 2.65. The molecule has 0 radical (unpaired) electrons. The second-order valence-electron chi connectivity index (χ2n) is 12.3. The number of carbonyl (C=O) groups is 3. The molecule has 6 nitrogen and oxygen atoms in total. The molecule has 0 unspecified atom stereocenters. The zero-order valence-corrected chi connectivity index (χ0v) is 21.9. The van der Waals surface area contributed by atoms with Crippen LogP contribution in [0.25, 0.3) is 0 Å². The summed E-state index contributed by atoms with van der Waals surface area (Å²) >= 11 is 0. The molecule has 10 atom stereocenters. The molecular formula is C28H44O6. The van der Waals surface area contributed by atoms with Crippen LogP contribution in [0.5, 0.6) is 0 Å². The van der Waals surface area contributed by atoms with Gasteiger partial charge in [0.15, 0.2) is 0 Å². The Hall–Kier alpha value is -1.59. The number of fused-ring (bicyclic) bond motifs is 5. The molecule has 4 rings (SSSR count). The van der Waals surface area contributed by atoms with E-state index in [1.54, 1.807) is 0 Å². The maximum absolute atomic E-state index is 12.3. The predicted octanol–water partition coefficient (Wildman–Crippen LogP) is 5.32. The zero-order valence-electron chi connectivity index (χ0n) is 21.9. The van der Waals surface area contributed by atoms with E-state index in [1.807, 2.05) is 0 Å². The molecule has 34 heavy (non-hydrogen) atoms. The monoisotopic (exact) mass is 476 g/mol. The number of rotatable bonds is 5. The smallest absolute Gasteiger partial charge is 0.305 e. The molecule has 6 heteroatoms. The van der Waals surface area contributed by atoms with Crippen molar-refractivity contribution in [2.45, 2.75) is 105 Å². The summed E-state index contributed by atoms with van der Waals surface area (Å²) in [5.41, 5.74) is 0.0768. The van der Waals surface area contributed by atoms with Gasteiger partial charge in [-0.25, -0.2) is 0 Å². The molecule has 192 valence electrons. The first-order valence-electron chi connectivity index (χ1n) is 13.4. The van der Waals surface area contributed by atoms with Gasteiger partial charge in [-0.3, -0.25) is 14.4 Å². The number of hydrogen-bond donors (Lipinski definition) is 0. The van der Waals surface area contributed by atoms with Crippen LogP contribution in [0.3, 0.4) is 0 Å². The minimum absolute atomic E-state index is 0.0419. The summed E-state index contributed by atoms with van der Waals surface area (Å²) in [5.74, 6) is 2.19. The number of methoxy groups -OCH3 is 1. The SMILES string of the molecule is COC(=O)C[C@@H](C)[C@@H]1CC[C@@H]2[C@@H]3CC[C@@H]4C[C@H](OC(C)=O)CC[C@]4(C)[C@@H]3C[C@H](OC(C)=O)[C@]21C. The van der Waals surface area contributed by atoms with Crippen molar-refractivity contribution in [3.8, 4) is 0 Å². The normalized spacial score (nSPS) is 44.1. The molecule has 0 aliphatic heterocycles. The molecule has 0 bridgehead atoms. The average molecular weight is 477 g/mol. The molecule has 0 amide bonds. The number of carbonyl (C=O) groups excluding carboxylic acids is 3. The highest BCUT2D eigenvalue weighted by molar-refractivity contribution is 5.69. The Morgan fingerprint density at radius 1 is 0.912 bits per heavy atom. The van der Waals surface area contributed by atoms with Gasteiger partial charge in [-0.05, 0) is 92.3 Å². The van der Waals surface area contributed by atoms with E-state index in [-0.39, 0.29) is 46.9 Å². The first-order chi connectivity index (χ1) is 16.0. The van der Waals surface area contributed by atoms with Gasteiger partial charge in [0.05, 0.1) is 7.11 Å². The Kier molecular flexibility index (Phi) is 7.10. The summed E-state index contributed by atoms with van der Waals surface area (Å²) in [5, 5.41) is 0. The van der Waals surface area contributed by atoms with Crippen LogP contribution in [0.2, 0.25) is 0 Å². The summed E-state index contributed by atoms with van der Waals surface area (Å²) in [6.45, 7) is 10.0. The quantitative estimate of drug-likeness (QED) is 0.395. The van der Waals surface area contributed by atoms with E-state index in [2.05, 4.69) is 20.8 Å². The summed E-state index contributed by atoms with van der Waals surface area (Å²) in [7, 11) is 1.45. The highest BCUT2D eigenvalue weighted by atomic mass is 16.5. The van der Waals surface area contributed by atoms with Crippen LogP contribution in [0, 0.1) is 46.3 Å². The summed E-state index contributed by atoms with van der Waals surface area (Å²) in [6.07, 6.45) is 8.79. The molecule has 0 aromatic heterocycles. The third kappa shape index (κ3) is 4.28. The minimum atomic E-state index is -0.203. The molecule has 4 aliphatic rings. The first-order valence-corrected chi connectivity index (χ1v) is 13.4. The molecule has 0 spiro atoms. The molecule has 0 saturated heterocycles. The maximum atomic E-state index is 12.3. The second-order valence-corrected chi connectivity index (χ2v) is 12.3. The molecule has 4 aliphatic carbocycles. The second kappa shape index (κ2) is 9.46. The lowest BCUT2D eigenvalue weighted by molar-refractivity contribution is -0.198. The van der Waals surface area contributed by atoms with E-state index in [0.717, 1.165) is 38.5 Å². The van der Waals surface area contributed by atoms with Gasteiger partial charge in [0.2, 0.25) is 0 Å². The number of ether oxygens (including phenoxy) is 3. The first kappa shape index (κ1) is 25.5. The van der Waals surface area contributed by atoms with Gasteiger partial charge in [-0.2, -0.15) is 0 Å². The summed E-state index contributed by atoms with van der Waals surface area (Å²) < 4.78 is 16.7. The fourth-order valence-electron chi connectivity index (χ4n) is 9.32. The fraction of sp³-hybridized carbons (Fsp3) is 0.893. The van der Waals surface area contributed by atoms with Crippen LogP contribution >= 0.6 is 0 Å². The van der Waals surface area contributed by atoms with E-state index >= 15 is 0 Å². The van der Waals surface area contributed by atoms with Crippen molar-refractivity contribution in [3.05, 3.63) is 0 Å². The molecule has 4 saturated carbocycles. The van der Waals surface area contributed by atoms with Crippen molar-refractivity contribution in [2.24, 2.45) is 46.3 Å². The van der Waals surface area contributed by atoms with Crippen molar-refractivity contribution >= 4 is 17.9 Å². The maximum Gasteiger partial charge on any atom is 0.305 e. The topological polar surface area (TPSA) is 78.9 Å². The third-order valence-corrected chi connectivity index (χ3v) is 10.8. The molecule has 0 N–H and O–H groups in total. The van der Waals surface area contributed by atoms with Crippen molar-refractivity contribution in [3.63, 3.8) is 0 Å². The minimum Gasteiger partial charge on any atom is -0.469 e. The Morgan fingerprint density at radius 3 is 2.26 bits per heavy atom. The van der Waals surface area contributed by atoms with Crippen LogP contribution in [0.4, 0.5) is 0 Å². The average Bonchev–Trinajstić information content (AvgIpc) is 3.12. The van der Waals surface area contributed by atoms with Crippen molar-refractivity contribution in [1.29, 1.82) is 0 Å². The van der Waals surface area contributed by atoms with Crippen molar-refractivity contribution in [1.82, 2.24) is 0 Å². The van der Waals surface area contributed by atoms with Gasteiger partial charge in [0.1, 0.15) is 12.2 Å². The fourth-order valence-corrected chi connectivity index (χ4v) is 9.32. The predicted molar refractivity (Wildman–Crippen MR) is 128 cm³/mol. The van der Waals surface area contributed by atoms with E-state index in [1.165, 1.54) is 33.8 Å². The van der Waals surface area contributed by atoms with Crippen LogP contribution in [-0.4, -0.2) is 37.2 Å². The van der Waals surface area contributed by atoms with Gasteiger partial charge in [0, 0.05) is 25.7 Å². The number of hydrogen-bond acceptors (Lipinski definition) is 6. The Balaban J connectivity index is 1.61. The standard InChI is InChI=1S/C28H44O6/c1-16(13-26(31)32-6)22-9-10-23-21-8-7-19-14-20(33-17(2)29)11-12-27(19,4)24(21)15-25(28(22,23)5)34-18(3)30/h16,19-25H,7-15H2,1-6H3/t16-,19-,20-,21+,22+,23-,24-,25+,27+,28+/m1/s1. The van der Waals surface area contributed by atoms with Crippen LogP contribution in [-0.2, 0) is 28.6 Å². The third-order valence-electron chi connectivity index (χ3n) is 10.8. The Morgan fingerprint density at radius 2 is 1.62 bits per heavy atom. The van der Waals surface area contributed by atoms with Crippen molar-refractivity contribution < 1.29 is 28.6 Å².